The summed E-state index contributed by atoms with van der Waals surface area (Å²) in [5.74, 6) is -0.0799. The quantitative estimate of drug-likeness (QED) is 0.772. The Kier molecular flexibility index (Phi) is 6.65. The molecule has 1 aromatic carbocycles. The molecule has 6 nitrogen and oxygen atoms in total. The number of rotatable bonds is 8. The lowest BCUT2D eigenvalue weighted by Crippen LogP contribution is -2.26. The average Bonchev–Trinajstić information content (AvgIpc) is 3.05. The Balaban J connectivity index is 2.12. The minimum Gasteiger partial charge on any atom is -0.490 e. The van der Waals surface area contributed by atoms with E-state index in [0.717, 1.165) is 5.56 Å². The number of nitrogens with zero attached hydrogens (tertiary/aromatic N) is 2. The van der Waals surface area contributed by atoms with Crippen LogP contribution in [0.25, 0.3) is 0 Å². The molecule has 0 aliphatic heterocycles. The number of ether oxygens (including phenoxy) is 2. The average molecular weight is 371 g/mol. The largest absolute Gasteiger partial charge is 0.490 e. The summed E-state index contributed by atoms with van der Waals surface area (Å²) in [5, 5.41) is 2.34. The van der Waals surface area contributed by atoms with E-state index in [2.05, 4.69) is 9.72 Å². The molecule has 1 aromatic heterocycles. The number of carbonyl (C=O) groups excluding carboxylic acids is 1. The number of amides is 1. The SMILES string of the molecule is CCOc1cc(CN(C)C(=O)c2csc(CN)n2)ccc1OC(F)F. The number of nitrogens with two attached hydrogens (primary N) is 1. The summed E-state index contributed by atoms with van der Waals surface area (Å²) in [6.07, 6.45) is 0. The minimum atomic E-state index is -2.93. The monoisotopic (exact) mass is 371 g/mol. The van der Waals surface area contributed by atoms with Gasteiger partial charge in [-0.15, -0.1) is 11.3 Å². The van der Waals surface area contributed by atoms with Crippen molar-refractivity contribution in [3.05, 3.63) is 39.8 Å². The Labute approximate surface area is 148 Å². The van der Waals surface area contributed by atoms with Crippen molar-refractivity contribution in [2.24, 2.45) is 5.73 Å². The molecule has 0 saturated heterocycles. The molecule has 0 aliphatic rings. The molecule has 1 heterocycles. The van der Waals surface area contributed by atoms with Crippen LogP contribution in [0.5, 0.6) is 11.5 Å². The van der Waals surface area contributed by atoms with Gasteiger partial charge in [-0.3, -0.25) is 4.79 Å². The predicted octanol–water partition coefficient (Wildman–Crippen LogP) is 2.87. The molecule has 0 unspecified atom stereocenters. The van der Waals surface area contributed by atoms with E-state index < -0.39 is 6.61 Å². The van der Waals surface area contributed by atoms with Gasteiger partial charge in [0.2, 0.25) is 0 Å². The lowest BCUT2D eigenvalue weighted by atomic mass is 10.2. The molecule has 9 heteroatoms. The van der Waals surface area contributed by atoms with Crippen LogP contribution in [0.3, 0.4) is 0 Å². The molecule has 0 saturated carbocycles. The number of carbonyl (C=O) groups is 1. The molecule has 0 atom stereocenters. The first kappa shape index (κ1) is 19.1. The number of hydrogen-bond donors (Lipinski definition) is 1. The van der Waals surface area contributed by atoms with Crippen LogP contribution in [0.1, 0.15) is 28.0 Å². The zero-order chi connectivity index (χ0) is 18.4. The molecule has 2 aromatic rings. The molecule has 136 valence electrons. The first-order valence-corrected chi connectivity index (χ1v) is 8.43. The van der Waals surface area contributed by atoms with Gasteiger partial charge in [-0.05, 0) is 24.6 Å². The Hall–Kier alpha value is -2.26. The summed E-state index contributed by atoms with van der Waals surface area (Å²) in [5.41, 5.74) is 6.55. The highest BCUT2D eigenvalue weighted by molar-refractivity contribution is 7.09. The molecule has 0 spiro atoms. The lowest BCUT2D eigenvalue weighted by molar-refractivity contribution is -0.0514. The highest BCUT2D eigenvalue weighted by Crippen LogP contribution is 2.30. The van der Waals surface area contributed by atoms with E-state index in [1.165, 1.54) is 22.3 Å². The fourth-order valence-electron chi connectivity index (χ4n) is 2.16. The van der Waals surface area contributed by atoms with Gasteiger partial charge in [0.05, 0.1) is 6.61 Å². The summed E-state index contributed by atoms with van der Waals surface area (Å²) in [7, 11) is 1.63. The van der Waals surface area contributed by atoms with Gasteiger partial charge in [0.15, 0.2) is 11.5 Å². The second kappa shape index (κ2) is 8.72. The molecule has 25 heavy (non-hydrogen) atoms. The van der Waals surface area contributed by atoms with Gasteiger partial charge >= 0.3 is 6.61 Å². The standard InChI is InChI=1S/C16H19F2N3O3S/c1-3-23-13-6-10(4-5-12(13)24-16(17)18)8-21(2)15(22)11-9-25-14(7-19)20-11/h4-6,9,16H,3,7-8,19H2,1-2H3. The van der Waals surface area contributed by atoms with Crippen LogP contribution in [0, 0.1) is 0 Å². The van der Waals surface area contributed by atoms with Crippen molar-refractivity contribution in [1.82, 2.24) is 9.88 Å². The van der Waals surface area contributed by atoms with Crippen LogP contribution in [0.2, 0.25) is 0 Å². The number of hydrogen-bond acceptors (Lipinski definition) is 6. The second-order valence-electron chi connectivity index (χ2n) is 5.08. The molecule has 1 amide bonds. The van der Waals surface area contributed by atoms with Gasteiger partial charge in [-0.2, -0.15) is 8.78 Å². The van der Waals surface area contributed by atoms with E-state index in [0.29, 0.717) is 17.3 Å². The normalized spacial score (nSPS) is 10.8. The summed E-state index contributed by atoms with van der Waals surface area (Å²) in [4.78, 5) is 18.0. The van der Waals surface area contributed by atoms with Crippen LogP contribution in [-0.2, 0) is 13.1 Å². The zero-order valence-corrected chi connectivity index (χ0v) is 14.7. The maximum absolute atomic E-state index is 12.4. The summed E-state index contributed by atoms with van der Waals surface area (Å²) in [6, 6.07) is 4.59. The van der Waals surface area contributed by atoms with Crippen molar-refractivity contribution in [3.8, 4) is 11.5 Å². The van der Waals surface area contributed by atoms with Gasteiger partial charge in [-0.25, -0.2) is 4.98 Å². The van der Waals surface area contributed by atoms with Crippen LogP contribution in [-0.4, -0.2) is 36.1 Å². The smallest absolute Gasteiger partial charge is 0.387 e. The van der Waals surface area contributed by atoms with Gasteiger partial charge in [-0.1, -0.05) is 6.07 Å². The van der Waals surface area contributed by atoms with E-state index >= 15 is 0 Å². The molecule has 0 radical (unpaired) electrons. The maximum Gasteiger partial charge on any atom is 0.387 e. The van der Waals surface area contributed by atoms with Crippen molar-refractivity contribution >= 4 is 17.2 Å². The first-order valence-electron chi connectivity index (χ1n) is 7.55. The number of alkyl halides is 2. The molecular weight excluding hydrogens is 352 g/mol. The van der Waals surface area contributed by atoms with Crippen molar-refractivity contribution < 1.29 is 23.0 Å². The maximum atomic E-state index is 12.4. The Morgan fingerprint density at radius 2 is 2.16 bits per heavy atom. The van der Waals surface area contributed by atoms with E-state index in [1.807, 2.05) is 0 Å². The third kappa shape index (κ3) is 5.10. The van der Waals surface area contributed by atoms with Crippen molar-refractivity contribution in [3.63, 3.8) is 0 Å². The molecular formula is C16H19F2N3O3S. The second-order valence-corrected chi connectivity index (χ2v) is 6.03. The summed E-state index contributed by atoms with van der Waals surface area (Å²) < 4.78 is 34.6. The van der Waals surface area contributed by atoms with Crippen molar-refractivity contribution in [2.45, 2.75) is 26.6 Å². The van der Waals surface area contributed by atoms with Crippen LogP contribution >= 0.6 is 11.3 Å². The number of halogens is 2. The van der Waals surface area contributed by atoms with Gasteiger partial charge in [0.1, 0.15) is 10.7 Å². The minimum absolute atomic E-state index is 0.0401. The topological polar surface area (TPSA) is 77.7 Å². The van der Waals surface area contributed by atoms with Crippen LogP contribution < -0.4 is 15.2 Å². The van der Waals surface area contributed by atoms with Crippen LogP contribution in [0.4, 0.5) is 8.78 Å². The number of aromatic nitrogens is 1. The number of thiazole rings is 1. The lowest BCUT2D eigenvalue weighted by Gasteiger charge is -2.18. The fourth-order valence-corrected chi connectivity index (χ4v) is 2.81. The number of benzene rings is 1. The van der Waals surface area contributed by atoms with E-state index in [9.17, 15) is 13.6 Å². The Bertz CT molecular complexity index is 724. The van der Waals surface area contributed by atoms with E-state index in [1.54, 1.807) is 31.5 Å². The third-order valence-corrected chi connectivity index (χ3v) is 4.11. The molecule has 0 fully saturated rings. The van der Waals surface area contributed by atoms with E-state index in [4.69, 9.17) is 10.5 Å². The molecule has 0 aliphatic carbocycles. The Morgan fingerprint density at radius 3 is 2.76 bits per heavy atom. The van der Waals surface area contributed by atoms with E-state index in [-0.39, 0.29) is 30.5 Å². The molecule has 0 bridgehead atoms. The first-order chi connectivity index (χ1) is 11.9. The predicted molar refractivity (Wildman–Crippen MR) is 90.0 cm³/mol. The summed E-state index contributed by atoms with van der Waals surface area (Å²) in [6.45, 7) is -0.339. The zero-order valence-electron chi connectivity index (χ0n) is 13.9. The highest BCUT2D eigenvalue weighted by atomic mass is 32.1. The highest BCUT2D eigenvalue weighted by Gasteiger charge is 2.17. The molecule has 2 N–H and O–H groups in total. The Morgan fingerprint density at radius 1 is 1.40 bits per heavy atom. The third-order valence-electron chi connectivity index (χ3n) is 3.24. The molecule has 2 rings (SSSR count). The van der Waals surface area contributed by atoms with Crippen molar-refractivity contribution in [2.75, 3.05) is 13.7 Å². The van der Waals surface area contributed by atoms with Crippen LogP contribution in [0.15, 0.2) is 23.6 Å². The fraction of sp³-hybridized carbons (Fsp3) is 0.375. The van der Waals surface area contributed by atoms with Gasteiger partial charge in [0, 0.05) is 25.5 Å². The summed E-state index contributed by atoms with van der Waals surface area (Å²) >= 11 is 1.33. The van der Waals surface area contributed by atoms with Crippen molar-refractivity contribution in [1.29, 1.82) is 0 Å². The van der Waals surface area contributed by atoms with Gasteiger partial charge < -0.3 is 20.1 Å². The van der Waals surface area contributed by atoms with Gasteiger partial charge in [0.25, 0.3) is 5.91 Å².